The molecule has 0 amide bonds. The molecule has 0 bridgehead atoms. The number of piperazine rings is 1. The van der Waals surface area contributed by atoms with Crippen LogP contribution in [0.15, 0.2) is 29.2 Å². The predicted octanol–water partition coefficient (Wildman–Crippen LogP) is 2.44. The van der Waals surface area contributed by atoms with Gasteiger partial charge in [-0.25, -0.2) is 8.42 Å². The normalized spacial score (nSPS) is 19.2. The average Bonchev–Trinajstić information content (AvgIpc) is 2.38. The van der Waals surface area contributed by atoms with E-state index in [1.807, 2.05) is 0 Å². The van der Waals surface area contributed by atoms with Crippen molar-refractivity contribution in [1.29, 1.82) is 0 Å². The van der Waals surface area contributed by atoms with Crippen molar-refractivity contribution in [3.63, 3.8) is 0 Å². The summed E-state index contributed by atoms with van der Waals surface area (Å²) >= 11 is 6.01. The summed E-state index contributed by atoms with van der Waals surface area (Å²) < 4.78 is 26.7. The third-order valence-electron chi connectivity index (χ3n) is 3.64. The van der Waals surface area contributed by atoms with Crippen LogP contribution in [0.5, 0.6) is 0 Å². The maximum absolute atomic E-state index is 12.6. The van der Waals surface area contributed by atoms with Gasteiger partial charge in [0.1, 0.15) is 4.90 Å². The molecule has 20 heavy (non-hydrogen) atoms. The fourth-order valence-corrected chi connectivity index (χ4v) is 4.31. The molecule has 0 saturated carbocycles. The number of halogens is 1. The largest absolute Gasteiger partial charge is 0.296 e. The summed E-state index contributed by atoms with van der Waals surface area (Å²) in [5.41, 5.74) is 0.0697. The molecule has 0 atom stereocenters. The molecule has 6 heteroatoms. The van der Waals surface area contributed by atoms with Gasteiger partial charge in [0.15, 0.2) is 0 Å². The van der Waals surface area contributed by atoms with Crippen LogP contribution in [0.2, 0.25) is 5.02 Å². The minimum absolute atomic E-state index is 0.0697. The molecule has 4 nitrogen and oxygen atoms in total. The molecule has 112 valence electrons. The number of benzene rings is 1. The van der Waals surface area contributed by atoms with Crippen LogP contribution in [0.25, 0.3) is 0 Å². The second kappa shape index (κ2) is 5.64. The van der Waals surface area contributed by atoms with Crippen molar-refractivity contribution in [1.82, 2.24) is 9.21 Å². The summed E-state index contributed by atoms with van der Waals surface area (Å²) in [7, 11) is -3.49. The fraction of sp³-hybridized carbons (Fsp3) is 0.571. The van der Waals surface area contributed by atoms with E-state index in [-0.39, 0.29) is 15.5 Å². The lowest BCUT2D eigenvalue weighted by molar-refractivity contribution is 0.0922. The summed E-state index contributed by atoms with van der Waals surface area (Å²) in [6.45, 7) is 8.93. The van der Waals surface area contributed by atoms with E-state index in [1.165, 1.54) is 4.31 Å². The molecule has 0 N–H and O–H groups in total. The zero-order valence-corrected chi connectivity index (χ0v) is 13.7. The molecule has 0 aromatic heterocycles. The number of hydrogen-bond donors (Lipinski definition) is 0. The first-order chi connectivity index (χ1) is 9.23. The molecule has 1 aliphatic heterocycles. The molecular weight excluding hydrogens is 296 g/mol. The molecule has 1 fully saturated rings. The maximum Gasteiger partial charge on any atom is 0.244 e. The summed E-state index contributed by atoms with van der Waals surface area (Å²) in [4.78, 5) is 2.50. The standard InChI is InChI=1S/C14H21ClN2O2S/c1-14(2,3)16-8-10-17(11-9-16)20(18,19)13-7-5-4-6-12(13)15/h4-7H,8-11H2,1-3H3. The van der Waals surface area contributed by atoms with E-state index in [4.69, 9.17) is 11.6 Å². The molecule has 1 aromatic carbocycles. The van der Waals surface area contributed by atoms with Gasteiger partial charge in [0.25, 0.3) is 0 Å². The number of sulfonamides is 1. The second-order valence-corrected chi connectivity index (χ2v) is 8.31. The first-order valence-electron chi connectivity index (χ1n) is 6.72. The third-order valence-corrected chi connectivity index (χ3v) is 6.04. The SMILES string of the molecule is CC(C)(C)N1CCN(S(=O)(=O)c2ccccc2Cl)CC1. The lowest BCUT2D eigenvalue weighted by Gasteiger charge is -2.41. The van der Waals surface area contributed by atoms with Crippen molar-refractivity contribution in [2.24, 2.45) is 0 Å². The topological polar surface area (TPSA) is 40.6 Å². The first kappa shape index (κ1) is 15.8. The Hall–Kier alpha value is -0.620. The van der Waals surface area contributed by atoms with Crippen LogP contribution in [-0.4, -0.2) is 49.3 Å². The van der Waals surface area contributed by atoms with Gasteiger partial charge in [-0.2, -0.15) is 4.31 Å². The van der Waals surface area contributed by atoms with E-state index in [0.29, 0.717) is 13.1 Å². The van der Waals surface area contributed by atoms with Gasteiger partial charge in [-0.3, -0.25) is 4.90 Å². The monoisotopic (exact) mass is 316 g/mol. The summed E-state index contributed by atoms with van der Waals surface area (Å²) in [5.74, 6) is 0. The number of nitrogens with zero attached hydrogens (tertiary/aromatic N) is 2. The molecule has 2 rings (SSSR count). The Bertz CT molecular complexity index is 573. The van der Waals surface area contributed by atoms with E-state index in [2.05, 4.69) is 25.7 Å². The zero-order chi connectivity index (χ0) is 15.0. The highest BCUT2D eigenvalue weighted by molar-refractivity contribution is 7.89. The summed E-state index contributed by atoms with van der Waals surface area (Å²) in [6.07, 6.45) is 0. The highest BCUT2D eigenvalue weighted by atomic mass is 35.5. The Morgan fingerprint density at radius 1 is 1.05 bits per heavy atom. The van der Waals surface area contributed by atoms with Gasteiger partial charge in [-0.15, -0.1) is 0 Å². The van der Waals surface area contributed by atoms with E-state index in [9.17, 15) is 8.42 Å². The Morgan fingerprint density at radius 3 is 2.10 bits per heavy atom. The zero-order valence-electron chi connectivity index (χ0n) is 12.1. The minimum Gasteiger partial charge on any atom is -0.296 e. The van der Waals surface area contributed by atoms with E-state index < -0.39 is 10.0 Å². The average molecular weight is 317 g/mol. The quantitative estimate of drug-likeness (QED) is 0.841. The van der Waals surface area contributed by atoms with Crippen LogP contribution in [0.4, 0.5) is 0 Å². The van der Waals surface area contributed by atoms with Gasteiger partial charge < -0.3 is 0 Å². The Labute approximate surface area is 126 Å². The third kappa shape index (κ3) is 3.17. The van der Waals surface area contributed by atoms with E-state index in [0.717, 1.165) is 13.1 Å². The van der Waals surface area contributed by atoms with Crippen molar-refractivity contribution in [2.45, 2.75) is 31.2 Å². The van der Waals surface area contributed by atoms with E-state index >= 15 is 0 Å². The van der Waals surface area contributed by atoms with Crippen molar-refractivity contribution < 1.29 is 8.42 Å². The highest BCUT2D eigenvalue weighted by Crippen LogP contribution is 2.26. The van der Waals surface area contributed by atoms with Crippen LogP contribution >= 0.6 is 11.6 Å². The van der Waals surface area contributed by atoms with Gasteiger partial charge in [-0.05, 0) is 32.9 Å². The smallest absolute Gasteiger partial charge is 0.244 e. The fourth-order valence-electron chi connectivity index (χ4n) is 2.39. The molecule has 1 aliphatic rings. The molecule has 0 aliphatic carbocycles. The molecule has 1 saturated heterocycles. The first-order valence-corrected chi connectivity index (χ1v) is 8.54. The van der Waals surface area contributed by atoms with Crippen molar-refractivity contribution in [2.75, 3.05) is 26.2 Å². The molecule has 0 radical (unpaired) electrons. The number of hydrogen-bond acceptors (Lipinski definition) is 3. The van der Waals surface area contributed by atoms with E-state index in [1.54, 1.807) is 24.3 Å². The lowest BCUT2D eigenvalue weighted by atomic mass is 10.1. The van der Waals surface area contributed by atoms with Crippen LogP contribution in [0, 0.1) is 0 Å². The molecule has 0 unspecified atom stereocenters. The predicted molar refractivity (Wildman–Crippen MR) is 81.5 cm³/mol. The van der Waals surface area contributed by atoms with Crippen LogP contribution in [0.3, 0.4) is 0 Å². The van der Waals surface area contributed by atoms with Crippen molar-refractivity contribution in [3.05, 3.63) is 29.3 Å². The Balaban J connectivity index is 2.16. The summed E-state index contributed by atoms with van der Waals surface area (Å²) in [5, 5.41) is 0.283. The molecule has 1 aromatic rings. The van der Waals surface area contributed by atoms with Crippen molar-refractivity contribution >= 4 is 21.6 Å². The van der Waals surface area contributed by atoms with Crippen LogP contribution in [-0.2, 0) is 10.0 Å². The van der Waals surface area contributed by atoms with Gasteiger partial charge in [0.2, 0.25) is 10.0 Å². The molecular formula is C14H21ClN2O2S. The van der Waals surface area contributed by atoms with Crippen molar-refractivity contribution in [3.8, 4) is 0 Å². The lowest BCUT2D eigenvalue weighted by Crippen LogP contribution is -2.54. The van der Waals surface area contributed by atoms with Gasteiger partial charge in [0, 0.05) is 31.7 Å². The Morgan fingerprint density at radius 2 is 1.60 bits per heavy atom. The minimum atomic E-state index is -3.49. The van der Waals surface area contributed by atoms with Gasteiger partial charge >= 0.3 is 0 Å². The van der Waals surface area contributed by atoms with Crippen LogP contribution < -0.4 is 0 Å². The highest BCUT2D eigenvalue weighted by Gasteiger charge is 2.32. The summed E-state index contributed by atoms with van der Waals surface area (Å²) in [6, 6.07) is 6.61. The van der Waals surface area contributed by atoms with Gasteiger partial charge in [0.05, 0.1) is 5.02 Å². The Kier molecular flexibility index (Phi) is 4.44. The maximum atomic E-state index is 12.6. The van der Waals surface area contributed by atoms with Crippen LogP contribution in [0.1, 0.15) is 20.8 Å². The van der Waals surface area contributed by atoms with Gasteiger partial charge in [-0.1, -0.05) is 23.7 Å². The number of rotatable bonds is 2. The second-order valence-electron chi connectivity index (χ2n) is 5.99. The molecule has 0 spiro atoms. The molecule has 1 heterocycles.